The molecule has 1 aromatic heterocycles. The van der Waals surface area contributed by atoms with E-state index in [1.807, 2.05) is 29.8 Å². The lowest BCUT2D eigenvalue weighted by atomic mass is 10.1. The SMILES string of the molecule is Cn1c(-c2ccc3c(c2)CC(=O)N3)cnc1CCO. The van der Waals surface area contributed by atoms with Gasteiger partial charge in [-0.25, -0.2) is 4.98 Å². The highest BCUT2D eigenvalue weighted by atomic mass is 16.3. The highest BCUT2D eigenvalue weighted by molar-refractivity contribution is 5.99. The lowest BCUT2D eigenvalue weighted by Crippen LogP contribution is -2.03. The number of amides is 1. The summed E-state index contributed by atoms with van der Waals surface area (Å²) in [5.74, 6) is 0.894. The normalized spacial score (nSPS) is 13.5. The minimum atomic E-state index is 0.0399. The molecule has 0 aliphatic carbocycles. The van der Waals surface area contributed by atoms with E-state index in [-0.39, 0.29) is 12.5 Å². The molecule has 19 heavy (non-hydrogen) atoms. The Kier molecular flexibility index (Phi) is 2.83. The number of hydrogen-bond acceptors (Lipinski definition) is 3. The van der Waals surface area contributed by atoms with Gasteiger partial charge >= 0.3 is 0 Å². The van der Waals surface area contributed by atoms with E-state index in [9.17, 15) is 4.79 Å². The molecule has 2 aromatic rings. The van der Waals surface area contributed by atoms with E-state index in [1.165, 1.54) is 0 Å². The first-order valence-corrected chi connectivity index (χ1v) is 6.23. The molecule has 0 atom stereocenters. The van der Waals surface area contributed by atoms with Gasteiger partial charge in [-0.05, 0) is 17.7 Å². The van der Waals surface area contributed by atoms with Crippen molar-refractivity contribution >= 4 is 11.6 Å². The number of anilines is 1. The zero-order valence-electron chi connectivity index (χ0n) is 10.7. The summed E-state index contributed by atoms with van der Waals surface area (Å²) in [6, 6.07) is 5.92. The first-order valence-electron chi connectivity index (χ1n) is 6.23. The van der Waals surface area contributed by atoms with E-state index in [4.69, 9.17) is 5.11 Å². The molecule has 1 aliphatic rings. The average molecular weight is 257 g/mol. The summed E-state index contributed by atoms with van der Waals surface area (Å²) in [4.78, 5) is 15.7. The monoisotopic (exact) mass is 257 g/mol. The molecule has 98 valence electrons. The first kappa shape index (κ1) is 11.9. The Bertz CT molecular complexity index is 646. The quantitative estimate of drug-likeness (QED) is 0.865. The van der Waals surface area contributed by atoms with Crippen LogP contribution in [-0.2, 0) is 24.7 Å². The van der Waals surface area contributed by atoms with Crippen LogP contribution in [0.1, 0.15) is 11.4 Å². The van der Waals surface area contributed by atoms with E-state index < -0.39 is 0 Å². The summed E-state index contributed by atoms with van der Waals surface area (Å²) in [6.07, 6.45) is 2.78. The van der Waals surface area contributed by atoms with Crippen molar-refractivity contribution in [3.8, 4) is 11.3 Å². The molecular weight excluding hydrogens is 242 g/mol. The highest BCUT2D eigenvalue weighted by Gasteiger charge is 2.18. The number of carbonyl (C=O) groups is 1. The zero-order valence-corrected chi connectivity index (χ0v) is 10.7. The van der Waals surface area contributed by atoms with Crippen molar-refractivity contribution in [2.24, 2.45) is 7.05 Å². The molecule has 3 rings (SSSR count). The Morgan fingerprint density at radius 1 is 1.47 bits per heavy atom. The van der Waals surface area contributed by atoms with E-state index in [0.29, 0.717) is 12.8 Å². The molecule has 0 saturated carbocycles. The highest BCUT2D eigenvalue weighted by Crippen LogP contribution is 2.29. The zero-order chi connectivity index (χ0) is 13.4. The maximum Gasteiger partial charge on any atom is 0.228 e. The lowest BCUT2D eigenvalue weighted by Gasteiger charge is -2.07. The van der Waals surface area contributed by atoms with E-state index in [2.05, 4.69) is 10.3 Å². The number of nitrogens with zero attached hydrogens (tertiary/aromatic N) is 2. The molecule has 2 N–H and O–H groups in total. The van der Waals surface area contributed by atoms with Crippen LogP contribution in [0, 0.1) is 0 Å². The summed E-state index contributed by atoms with van der Waals surface area (Å²) < 4.78 is 1.97. The van der Waals surface area contributed by atoms with E-state index >= 15 is 0 Å². The molecule has 0 unspecified atom stereocenters. The average Bonchev–Trinajstić information content (AvgIpc) is 2.92. The van der Waals surface area contributed by atoms with Crippen molar-refractivity contribution < 1.29 is 9.90 Å². The van der Waals surface area contributed by atoms with Gasteiger partial charge in [-0.2, -0.15) is 0 Å². The van der Waals surface area contributed by atoms with Gasteiger partial charge in [-0.15, -0.1) is 0 Å². The van der Waals surface area contributed by atoms with Crippen LogP contribution in [0.4, 0.5) is 5.69 Å². The summed E-state index contributed by atoms with van der Waals surface area (Å²) in [5.41, 5.74) is 3.94. The van der Waals surface area contributed by atoms with E-state index in [0.717, 1.165) is 28.3 Å². The number of imidazole rings is 1. The molecule has 5 heteroatoms. The maximum absolute atomic E-state index is 11.3. The number of rotatable bonds is 3. The van der Waals surface area contributed by atoms with Gasteiger partial charge in [0.2, 0.25) is 5.91 Å². The molecule has 5 nitrogen and oxygen atoms in total. The van der Waals surface area contributed by atoms with Gasteiger partial charge in [0.15, 0.2) is 0 Å². The van der Waals surface area contributed by atoms with Crippen LogP contribution >= 0.6 is 0 Å². The molecule has 0 spiro atoms. The number of aromatic nitrogens is 2. The molecular formula is C14H15N3O2. The second-order valence-corrected chi connectivity index (χ2v) is 4.69. The Morgan fingerprint density at radius 3 is 3.11 bits per heavy atom. The Labute approximate surface area is 110 Å². The molecule has 1 aromatic carbocycles. The number of nitrogens with one attached hydrogen (secondary N) is 1. The molecule has 1 amide bonds. The third kappa shape index (κ3) is 2.02. The van der Waals surface area contributed by atoms with Crippen LogP contribution in [0.5, 0.6) is 0 Å². The second-order valence-electron chi connectivity index (χ2n) is 4.69. The third-order valence-electron chi connectivity index (χ3n) is 3.45. The fourth-order valence-electron chi connectivity index (χ4n) is 2.44. The van der Waals surface area contributed by atoms with Crippen LogP contribution in [0.25, 0.3) is 11.3 Å². The molecule has 2 heterocycles. The summed E-state index contributed by atoms with van der Waals surface area (Å²) in [5, 5.41) is 11.8. The third-order valence-corrected chi connectivity index (χ3v) is 3.45. The largest absolute Gasteiger partial charge is 0.396 e. The predicted molar refractivity (Wildman–Crippen MR) is 71.8 cm³/mol. The van der Waals surface area contributed by atoms with Crippen molar-refractivity contribution in [3.05, 3.63) is 35.8 Å². The summed E-state index contributed by atoms with van der Waals surface area (Å²) in [6.45, 7) is 0.0902. The molecule has 0 bridgehead atoms. The molecule has 1 aliphatic heterocycles. The molecule has 0 radical (unpaired) electrons. The van der Waals surface area contributed by atoms with Crippen molar-refractivity contribution in [3.63, 3.8) is 0 Å². The maximum atomic E-state index is 11.3. The van der Waals surface area contributed by atoms with Crippen LogP contribution < -0.4 is 5.32 Å². The smallest absolute Gasteiger partial charge is 0.228 e. The topological polar surface area (TPSA) is 67.2 Å². The lowest BCUT2D eigenvalue weighted by molar-refractivity contribution is -0.115. The molecule has 0 fully saturated rings. The number of fused-ring (bicyclic) bond motifs is 1. The minimum absolute atomic E-state index is 0.0399. The standard InChI is InChI=1S/C14H15N3O2/c1-17-12(8-15-13(17)4-5-18)9-2-3-11-10(6-9)7-14(19)16-11/h2-3,6,8,18H,4-5,7H2,1H3,(H,16,19). The predicted octanol–water partition coefficient (Wildman–Crippen LogP) is 1.12. The Morgan fingerprint density at radius 2 is 2.32 bits per heavy atom. The van der Waals surface area contributed by atoms with E-state index in [1.54, 1.807) is 6.20 Å². The van der Waals surface area contributed by atoms with Gasteiger partial charge in [-0.3, -0.25) is 4.79 Å². The van der Waals surface area contributed by atoms with Gasteiger partial charge in [0.1, 0.15) is 5.82 Å². The van der Waals surface area contributed by atoms with Crippen molar-refractivity contribution in [2.75, 3.05) is 11.9 Å². The first-order chi connectivity index (χ1) is 9.19. The van der Waals surface area contributed by atoms with Gasteiger partial charge < -0.3 is 15.0 Å². The number of carbonyl (C=O) groups excluding carboxylic acids is 1. The van der Waals surface area contributed by atoms with Crippen LogP contribution in [0.2, 0.25) is 0 Å². The summed E-state index contributed by atoms with van der Waals surface area (Å²) in [7, 11) is 1.93. The van der Waals surface area contributed by atoms with Crippen molar-refractivity contribution in [1.82, 2.24) is 9.55 Å². The minimum Gasteiger partial charge on any atom is -0.396 e. The fourth-order valence-corrected chi connectivity index (χ4v) is 2.44. The summed E-state index contributed by atoms with van der Waals surface area (Å²) >= 11 is 0. The number of aliphatic hydroxyl groups excluding tert-OH is 1. The van der Waals surface area contributed by atoms with Crippen molar-refractivity contribution in [2.45, 2.75) is 12.8 Å². The van der Waals surface area contributed by atoms with Crippen LogP contribution in [-0.4, -0.2) is 27.2 Å². The second kappa shape index (κ2) is 4.51. The number of benzene rings is 1. The fraction of sp³-hybridized carbons (Fsp3) is 0.286. The van der Waals surface area contributed by atoms with Crippen LogP contribution in [0.15, 0.2) is 24.4 Å². The van der Waals surface area contributed by atoms with Crippen molar-refractivity contribution in [1.29, 1.82) is 0 Å². The van der Waals surface area contributed by atoms with Gasteiger partial charge in [0.25, 0.3) is 0 Å². The molecule has 0 saturated heterocycles. The van der Waals surface area contributed by atoms with Gasteiger partial charge in [-0.1, -0.05) is 6.07 Å². The van der Waals surface area contributed by atoms with Crippen LogP contribution in [0.3, 0.4) is 0 Å². The van der Waals surface area contributed by atoms with Gasteiger partial charge in [0.05, 0.1) is 24.9 Å². The Balaban J connectivity index is 1.99. The number of hydrogen-bond donors (Lipinski definition) is 2. The number of aliphatic hydroxyl groups is 1. The van der Waals surface area contributed by atoms with Gasteiger partial charge in [0, 0.05) is 24.7 Å². The Hall–Kier alpha value is -2.14.